The Hall–Kier alpha value is -1.35. The van der Waals surface area contributed by atoms with E-state index in [9.17, 15) is 4.79 Å². The van der Waals surface area contributed by atoms with Gasteiger partial charge in [-0.15, -0.1) is 0 Å². The third-order valence-corrected chi connectivity index (χ3v) is 3.36. The van der Waals surface area contributed by atoms with Crippen LogP contribution in [0, 0.1) is 0 Å². The second kappa shape index (κ2) is 5.82. The zero-order chi connectivity index (χ0) is 12.1. The minimum atomic E-state index is -0.0319. The van der Waals surface area contributed by atoms with Crippen LogP contribution in [-0.2, 0) is 4.79 Å². The van der Waals surface area contributed by atoms with E-state index in [1.807, 2.05) is 37.3 Å². The summed E-state index contributed by atoms with van der Waals surface area (Å²) in [5.41, 5.74) is 0.876. The number of para-hydroxylation sites is 1. The fraction of sp³-hybridized carbons (Fsp3) is 0.500. The number of nitrogens with zero attached hydrogens (tertiary/aromatic N) is 1. The summed E-state index contributed by atoms with van der Waals surface area (Å²) in [5.74, 6) is 0.0955. The summed E-state index contributed by atoms with van der Waals surface area (Å²) in [6.45, 7) is 4.08. The van der Waals surface area contributed by atoms with E-state index in [1.54, 1.807) is 0 Å². The Morgan fingerprint density at radius 1 is 1.18 bits per heavy atom. The average molecular weight is 232 g/mol. The lowest BCUT2D eigenvalue weighted by Gasteiger charge is -2.31. The normalized spacial score (nSPS) is 18.6. The van der Waals surface area contributed by atoms with Gasteiger partial charge in [-0.25, -0.2) is 0 Å². The zero-order valence-electron chi connectivity index (χ0n) is 10.4. The van der Waals surface area contributed by atoms with E-state index in [2.05, 4.69) is 10.2 Å². The first kappa shape index (κ1) is 12.1. The highest BCUT2D eigenvalue weighted by molar-refractivity contribution is 5.94. The number of hydrogen-bond donors (Lipinski definition) is 1. The van der Waals surface area contributed by atoms with Crippen LogP contribution in [0.5, 0.6) is 0 Å². The maximum absolute atomic E-state index is 12.1. The third kappa shape index (κ3) is 3.30. The maximum Gasteiger partial charge on any atom is 0.241 e. The summed E-state index contributed by atoms with van der Waals surface area (Å²) in [6.07, 6.45) is 3.72. The first-order valence-corrected chi connectivity index (χ1v) is 6.37. The van der Waals surface area contributed by atoms with E-state index in [4.69, 9.17) is 0 Å². The van der Waals surface area contributed by atoms with Gasteiger partial charge in [0.15, 0.2) is 0 Å². The van der Waals surface area contributed by atoms with E-state index >= 15 is 0 Å². The van der Waals surface area contributed by atoms with Crippen molar-refractivity contribution in [1.82, 2.24) is 4.90 Å². The molecule has 1 aliphatic heterocycles. The molecule has 1 aliphatic rings. The molecule has 3 nitrogen and oxygen atoms in total. The Labute approximate surface area is 103 Å². The molecule has 1 heterocycles. The Morgan fingerprint density at radius 2 is 1.82 bits per heavy atom. The molecule has 17 heavy (non-hydrogen) atoms. The summed E-state index contributed by atoms with van der Waals surface area (Å²) in [5, 5.41) is 2.96. The lowest BCUT2D eigenvalue weighted by Crippen LogP contribution is -2.44. The molecule has 0 aliphatic carbocycles. The minimum absolute atomic E-state index is 0.0319. The maximum atomic E-state index is 12.1. The summed E-state index contributed by atoms with van der Waals surface area (Å²) < 4.78 is 0. The predicted molar refractivity (Wildman–Crippen MR) is 70.0 cm³/mol. The van der Waals surface area contributed by atoms with Crippen LogP contribution in [-0.4, -0.2) is 29.9 Å². The van der Waals surface area contributed by atoms with Crippen molar-refractivity contribution in [3.63, 3.8) is 0 Å². The molecule has 0 aromatic heterocycles. The first-order chi connectivity index (χ1) is 8.27. The van der Waals surface area contributed by atoms with Crippen molar-refractivity contribution in [3.05, 3.63) is 30.3 Å². The van der Waals surface area contributed by atoms with Crippen molar-refractivity contribution in [3.8, 4) is 0 Å². The van der Waals surface area contributed by atoms with Gasteiger partial charge in [-0.05, 0) is 45.0 Å². The van der Waals surface area contributed by atoms with Crippen molar-refractivity contribution in [2.24, 2.45) is 0 Å². The third-order valence-electron chi connectivity index (χ3n) is 3.36. The standard InChI is InChI=1S/C14H20N2O/c1-12(16-10-6-3-7-11-16)14(17)15-13-8-4-2-5-9-13/h2,4-5,8-9,12H,3,6-7,10-11H2,1H3,(H,15,17). The summed E-state index contributed by atoms with van der Waals surface area (Å²) in [6, 6.07) is 9.61. The smallest absolute Gasteiger partial charge is 0.241 e. The molecule has 2 rings (SSSR count). The number of rotatable bonds is 3. The molecule has 3 heteroatoms. The number of anilines is 1. The van der Waals surface area contributed by atoms with Crippen LogP contribution in [0.1, 0.15) is 26.2 Å². The highest BCUT2D eigenvalue weighted by Gasteiger charge is 2.22. The summed E-state index contributed by atoms with van der Waals surface area (Å²) in [4.78, 5) is 14.3. The number of hydrogen-bond acceptors (Lipinski definition) is 2. The number of piperidine rings is 1. The van der Waals surface area contributed by atoms with E-state index in [1.165, 1.54) is 19.3 Å². The van der Waals surface area contributed by atoms with Crippen LogP contribution in [0.15, 0.2) is 30.3 Å². The molecule has 1 aromatic carbocycles. The molecular formula is C14H20N2O. The molecule has 0 bridgehead atoms. The Balaban J connectivity index is 1.90. The lowest BCUT2D eigenvalue weighted by molar-refractivity contribution is -0.121. The minimum Gasteiger partial charge on any atom is -0.325 e. The Morgan fingerprint density at radius 3 is 2.47 bits per heavy atom. The molecule has 0 saturated carbocycles. The second-order valence-corrected chi connectivity index (χ2v) is 4.63. The fourth-order valence-corrected chi connectivity index (χ4v) is 2.24. The molecule has 1 fully saturated rings. The highest BCUT2D eigenvalue weighted by atomic mass is 16.2. The van der Waals surface area contributed by atoms with Crippen LogP contribution < -0.4 is 5.32 Å². The number of carbonyl (C=O) groups excluding carboxylic acids is 1. The first-order valence-electron chi connectivity index (χ1n) is 6.37. The van der Waals surface area contributed by atoms with Crippen LogP contribution in [0.4, 0.5) is 5.69 Å². The van der Waals surface area contributed by atoms with Crippen LogP contribution >= 0.6 is 0 Å². The highest BCUT2D eigenvalue weighted by Crippen LogP contribution is 2.13. The summed E-state index contributed by atoms with van der Waals surface area (Å²) >= 11 is 0. The second-order valence-electron chi connectivity index (χ2n) is 4.63. The molecule has 0 radical (unpaired) electrons. The molecule has 1 aromatic rings. The monoisotopic (exact) mass is 232 g/mol. The SMILES string of the molecule is CC(C(=O)Nc1ccccc1)N1CCCCC1. The van der Waals surface area contributed by atoms with Crippen LogP contribution in [0.2, 0.25) is 0 Å². The van der Waals surface area contributed by atoms with Gasteiger partial charge in [0, 0.05) is 5.69 Å². The van der Waals surface area contributed by atoms with Gasteiger partial charge in [-0.1, -0.05) is 24.6 Å². The van der Waals surface area contributed by atoms with Crippen LogP contribution in [0.25, 0.3) is 0 Å². The van der Waals surface area contributed by atoms with Gasteiger partial charge in [0.2, 0.25) is 5.91 Å². The molecule has 1 amide bonds. The average Bonchev–Trinajstić information content (AvgIpc) is 2.40. The van der Waals surface area contributed by atoms with Crippen molar-refractivity contribution in [1.29, 1.82) is 0 Å². The molecule has 92 valence electrons. The van der Waals surface area contributed by atoms with Crippen LogP contribution in [0.3, 0.4) is 0 Å². The van der Waals surface area contributed by atoms with E-state index < -0.39 is 0 Å². The van der Waals surface area contributed by atoms with Crippen molar-refractivity contribution >= 4 is 11.6 Å². The number of carbonyl (C=O) groups is 1. The van der Waals surface area contributed by atoms with E-state index in [0.29, 0.717) is 0 Å². The number of nitrogens with one attached hydrogen (secondary N) is 1. The van der Waals surface area contributed by atoms with E-state index in [0.717, 1.165) is 18.8 Å². The number of likely N-dealkylation sites (tertiary alicyclic amines) is 1. The topological polar surface area (TPSA) is 32.3 Å². The van der Waals surface area contributed by atoms with E-state index in [-0.39, 0.29) is 11.9 Å². The predicted octanol–water partition coefficient (Wildman–Crippen LogP) is 2.50. The zero-order valence-corrected chi connectivity index (χ0v) is 10.4. The quantitative estimate of drug-likeness (QED) is 0.868. The van der Waals surface area contributed by atoms with Gasteiger partial charge in [0.1, 0.15) is 0 Å². The van der Waals surface area contributed by atoms with Gasteiger partial charge in [0.05, 0.1) is 6.04 Å². The lowest BCUT2D eigenvalue weighted by atomic mass is 10.1. The van der Waals surface area contributed by atoms with Gasteiger partial charge in [0.25, 0.3) is 0 Å². The number of benzene rings is 1. The fourth-order valence-electron chi connectivity index (χ4n) is 2.24. The Bertz CT molecular complexity index is 358. The Kier molecular flexibility index (Phi) is 4.15. The largest absolute Gasteiger partial charge is 0.325 e. The van der Waals surface area contributed by atoms with Gasteiger partial charge in [-0.2, -0.15) is 0 Å². The number of amides is 1. The molecular weight excluding hydrogens is 212 g/mol. The molecule has 1 saturated heterocycles. The van der Waals surface area contributed by atoms with Crippen molar-refractivity contribution in [2.75, 3.05) is 18.4 Å². The molecule has 1 N–H and O–H groups in total. The van der Waals surface area contributed by atoms with Gasteiger partial charge in [-0.3, -0.25) is 9.69 Å². The summed E-state index contributed by atoms with van der Waals surface area (Å²) in [7, 11) is 0. The molecule has 0 spiro atoms. The van der Waals surface area contributed by atoms with Gasteiger partial charge >= 0.3 is 0 Å². The molecule has 1 atom stereocenters. The van der Waals surface area contributed by atoms with Crippen molar-refractivity contribution < 1.29 is 4.79 Å². The van der Waals surface area contributed by atoms with Gasteiger partial charge < -0.3 is 5.32 Å². The molecule has 1 unspecified atom stereocenters. The van der Waals surface area contributed by atoms with Crippen molar-refractivity contribution in [2.45, 2.75) is 32.2 Å².